The van der Waals surface area contributed by atoms with Crippen LogP contribution in [0.2, 0.25) is 0 Å². The first-order valence-electron chi connectivity index (χ1n) is 10.9. The summed E-state index contributed by atoms with van der Waals surface area (Å²) >= 11 is 0. The highest BCUT2D eigenvalue weighted by Gasteiger charge is 2.44. The molecule has 168 valence electrons. The van der Waals surface area contributed by atoms with Crippen LogP contribution in [0.5, 0.6) is 17.2 Å². The van der Waals surface area contributed by atoms with Crippen molar-refractivity contribution in [3.63, 3.8) is 0 Å². The van der Waals surface area contributed by atoms with Crippen LogP contribution < -0.4 is 31.0 Å². The molecular weight excluding hydrogens is 399 g/mol. The second kappa shape index (κ2) is 8.80. The smallest absolute Gasteiger partial charge is 0.239 e. The lowest BCUT2D eigenvalue weighted by molar-refractivity contribution is 0.0179. The van der Waals surface area contributed by atoms with Gasteiger partial charge < -0.3 is 25.3 Å². The summed E-state index contributed by atoms with van der Waals surface area (Å²) in [6.07, 6.45) is 1.74. The molecule has 1 unspecified atom stereocenters. The average Bonchev–Trinajstić information content (AvgIpc) is 3.11. The third kappa shape index (κ3) is 4.36. The average molecular weight is 431 g/mol. The molecule has 0 spiro atoms. The van der Waals surface area contributed by atoms with Gasteiger partial charge in [0, 0.05) is 12.5 Å². The van der Waals surface area contributed by atoms with Crippen LogP contribution in [0.15, 0.2) is 30.3 Å². The highest BCUT2D eigenvalue weighted by atomic mass is 19.1. The van der Waals surface area contributed by atoms with Crippen molar-refractivity contribution in [2.75, 3.05) is 37.4 Å². The summed E-state index contributed by atoms with van der Waals surface area (Å²) in [5.41, 5.74) is 15.0. The van der Waals surface area contributed by atoms with Gasteiger partial charge in [0.15, 0.2) is 17.2 Å². The fourth-order valence-corrected chi connectivity index (χ4v) is 4.37. The third-order valence-corrected chi connectivity index (χ3v) is 5.91. The molecule has 2 aliphatic heterocycles. The number of hydrogen-bond donors (Lipinski definition) is 3. The number of nitrogens with one attached hydrogen (secondary N) is 1. The number of para-hydroxylation sites is 1. The van der Waals surface area contributed by atoms with Crippen molar-refractivity contribution in [1.29, 1.82) is 0 Å². The van der Waals surface area contributed by atoms with Crippen LogP contribution in [0.4, 0.5) is 15.8 Å². The monoisotopic (exact) mass is 430 g/mol. The van der Waals surface area contributed by atoms with Crippen LogP contribution in [-0.2, 0) is 6.54 Å². The molecule has 1 fully saturated rings. The predicted octanol–water partition coefficient (Wildman–Crippen LogP) is 3.53. The van der Waals surface area contributed by atoms with Crippen molar-refractivity contribution in [1.82, 2.24) is 4.90 Å². The summed E-state index contributed by atoms with van der Waals surface area (Å²) in [5, 5.41) is 3.32. The molecule has 8 heteroatoms. The molecule has 2 aromatic carbocycles. The Balaban J connectivity index is 1.40. The first-order chi connectivity index (χ1) is 14.9. The largest absolute Gasteiger partial charge is 0.491 e. The van der Waals surface area contributed by atoms with E-state index < -0.39 is 11.7 Å². The van der Waals surface area contributed by atoms with Gasteiger partial charge in [-0.25, -0.2) is 0 Å². The maximum atomic E-state index is 14.5. The molecule has 2 aliphatic rings. The van der Waals surface area contributed by atoms with E-state index in [-0.39, 0.29) is 17.4 Å². The fraction of sp³-hybridized carbons (Fsp3) is 0.478. The van der Waals surface area contributed by atoms with E-state index in [4.69, 9.17) is 25.7 Å². The van der Waals surface area contributed by atoms with E-state index in [9.17, 15) is 4.39 Å². The second-order valence-corrected chi connectivity index (χ2v) is 8.07. The second-order valence-electron chi connectivity index (χ2n) is 8.07. The van der Waals surface area contributed by atoms with Gasteiger partial charge in [0.05, 0.1) is 24.6 Å². The number of nitrogens with two attached hydrogens (primary N) is 2. The van der Waals surface area contributed by atoms with Gasteiger partial charge in [-0.2, -0.15) is 4.39 Å². The van der Waals surface area contributed by atoms with Crippen molar-refractivity contribution < 1.29 is 18.6 Å². The van der Waals surface area contributed by atoms with E-state index in [0.717, 1.165) is 37.2 Å². The Morgan fingerprint density at radius 3 is 2.39 bits per heavy atom. The van der Waals surface area contributed by atoms with Gasteiger partial charge in [-0.3, -0.25) is 10.6 Å². The first-order valence-corrected chi connectivity index (χ1v) is 10.9. The van der Waals surface area contributed by atoms with Gasteiger partial charge in [0.1, 0.15) is 0 Å². The molecule has 4 rings (SSSR count). The maximum Gasteiger partial charge on any atom is 0.239 e. The summed E-state index contributed by atoms with van der Waals surface area (Å²) in [6, 6.07) is 9.15. The van der Waals surface area contributed by atoms with Crippen molar-refractivity contribution in [3.05, 3.63) is 41.7 Å². The zero-order chi connectivity index (χ0) is 22.0. The van der Waals surface area contributed by atoms with E-state index in [1.807, 2.05) is 32.0 Å². The normalized spacial score (nSPS) is 21.3. The zero-order valence-corrected chi connectivity index (χ0v) is 18.1. The quantitative estimate of drug-likeness (QED) is 0.579. The maximum absolute atomic E-state index is 14.5. The Hall–Kier alpha value is -2.71. The Labute approximate surface area is 182 Å². The molecule has 2 aromatic rings. The minimum absolute atomic E-state index is 0.140. The summed E-state index contributed by atoms with van der Waals surface area (Å²) in [7, 11) is 0. The molecule has 0 saturated carbocycles. The van der Waals surface area contributed by atoms with E-state index >= 15 is 0 Å². The number of piperidine rings is 1. The SMILES string of the molecule is CCOc1cc(CN2CCC(C3(N)Nc4cccc(N)c4O3)CC2)cc(OCC)c1F. The topological polar surface area (TPSA) is 95.0 Å². The van der Waals surface area contributed by atoms with Crippen molar-refractivity contribution in [2.45, 2.75) is 39.1 Å². The summed E-state index contributed by atoms with van der Waals surface area (Å²) in [5.74, 6) is -0.160. The van der Waals surface area contributed by atoms with E-state index in [1.54, 1.807) is 12.1 Å². The number of nitrogens with zero attached hydrogens (tertiary/aromatic N) is 1. The number of hydrogen-bond acceptors (Lipinski definition) is 7. The third-order valence-electron chi connectivity index (χ3n) is 5.91. The van der Waals surface area contributed by atoms with Crippen molar-refractivity contribution >= 4 is 11.4 Å². The number of ether oxygens (including phenoxy) is 3. The minimum Gasteiger partial charge on any atom is -0.491 e. The van der Waals surface area contributed by atoms with Gasteiger partial charge in [-0.1, -0.05) is 6.07 Å². The standard InChI is InChI=1S/C23H31FN4O3/c1-3-29-19-12-15(13-20(21(19)24)30-4-2)14-28-10-8-16(9-11-28)23(26)27-18-7-5-6-17(25)22(18)31-23/h5-7,12-13,16,27H,3-4,8-11,14,25-26H2,1-2H3. The first kappa shape index (κ1) is 21.5. The Bertz CT molecular complexity index is 906. The Morgan fingerprint density at radius 2 is 1.81 bits per heavy atom. The fourth-order valence-electron chi connectivity index (χ4n) is 4.37. The molecule has 1 saturated heterocycles. The van der Waals surface area contributed by atoms with Crippen LogP contribution in [0.25, 0.3) is 0 Å². The molecule has 0 aliphatic carbocycles. The zero-order valence-electron chi connectivity index (χ0n) is 18.1. The van der Waals surface area contributed by atoms with Crippen LogP contribution in [-0.4, -0.2) is 37.1 Å². The van der Waals surface area contributed by atoms with E-state index in [1.165, 1.54) is 0 Å². The van der Waals surface area contributed by atoms with Crippen molar-refractivity contribution in [2.24, 2.45) is 11.7 Å². The number of benzene rings is 2. The number of fused-ring (bicyclic) bond motifs is 1. The number of nitrogen functional groups attached to an aromatic ring is 1. The number of anilines is 2. The number of rotatable bonds is 7. The van der Waals surface area contributed by atoms with E-state index in [0.29, 0.717) is 31.2 Å². The molecule has 5 N–H and O–H groups in total. The summed E-state index contributed by atoms with van der Waals surface area (Å²) in [6.45, 7) is 6.87. The van der Waals surface area contributed by atoms with Crippen LogP contribution >= 0.6 is 0 Å². The Morgan fingerprint density at radius 1 is 1.16 bits per heavy atom. The van der Waals surface area contributed by atoms with Crippen LogP contribution in [0, 0.1) is 11.7 Å². The molecule has 1 atom stereocenters. The van der Waals surface area contributed by atoms with Gasteiger partial charge in [-0.05, 0) is 69.6 Å². The van der Waals surface area contributed by atoms with Gasteiger partial charge in [0.2, 0.25) is 11.7 Å². The Kier molecular flexibility index (Phi) is 6.11. The van der Waals surface area contributed by atoms with Crippen LogP contribution in [0.3, 0.4) is 0 Å². The highest BCUT2D eigenvalue weighted by Crippen LogP contribution is 2.43. The molecule has 7 nitrogen and oxygen atoms in total. The van der Waals surface area contributed by atoms with E-state index in [2.05, 4.69) is 10.2 Å². The molecule has 0 aromatic heterocycles. The van der Waals surface area contributed by atoms with Gasteiger partial charge in [-0.15, -0.1) is 0 Å². The molecule has 0 bridgehead atoms. The molecular formula is C23H31FN4O3. The molecule has 31 heavy (non-hydrogen) atoms. The van der Waals surface area contributed by atoms with Gasteiger partial charge >= 0.3 is 0 Å². The summed E-state index contributed by atoms with van der Waals surface area (Å²) < 4.78 is 31.5. The molecule has 0 amide bonds. The lowest BCUT2D eigenvalue weighted by Gasteiger charge is -2.39. The van der Waals surface area contributed by atoms with Crippen LogP contribution in [0.1, 0.15) is 32.3 Å². The molecule has 2 heterocycles. The lowest BCUT2D eigenvalue weighted by Crippen LogP contribution is -2.58. The predicted molar refractivity (Wildman–Crippen MR) is 119 cm³/mol. The highest BCUT2D eigenvalue weighted by molar-refractivity contribution is 5.72. The molecule has 0 radical (unpaired) electrons. The summed E-state index contributed by atoms with van der Waals surface area (Å²) in [4.78, 5) is 2.33. The lowest BCUT2D eigenvalue weighted by atomic mass is 9.91. The minimum atomic E-state index is -0.954. The van der Waals surface area contributed by atoms with Crippen molar-refractivity contribution in [3.8, 4) is 17.2 Å². The number of halogens is 1. The number of likely N-dealkylation sites (tertiary alicyclic amines) is 1. The van der Waals surface area contributed by atoms with Gasteiger partial charge in [0.25, 0.3) is 0 Å².